The van der Waals surface area contributed by atoms with Crippen molar-refractivity contribution in [3.05, 3.63) is 57.2 Å². The number of nitro benzene ring substituents is 1. The molecule has 0 unspecified atom stereocenters. The molecule has 0 aliphatic carbocycles. The topological polar surface area (TPSA) is 94.9 Å². The predicted molar refractivity (Wildman–Crippen MR) is 85.8 cm³/mol. The van der Waals surface area contributed by atoms with Crippen LogP contribution in [0.2, 0.25) is 5.02 Å². The number of nitrogens with zero attached hydrogens (tertiary/aromatic N) is 3. The molecule has 0 saturated carbocycles. The largest absolute Gasteiger partial charge is 0.368 e. The van der Waals surface area contributed by atoms with Crippen molar-refractivity contribution in [1.29, 1.82) is 0 Å². The van der Waals surface area contributed by atoms with E-state index in [2.05, 4.69) is 9.97 Å². The highest BCUT2D eigenvalue weighted by Crippen LogP contribution is 2.34. The van der Waals surface area contributed by atoms with Crippen molar-refractivity contribution >= 4 is 34.1 Å². The Morgan fingerprint density at radius 2 is 2.05 bits per heavy atom. The van der Waals surface area contributed by atoms with Crippen LogP contribution in [0.4, 0.5) is 11.6 Å². The maximum absolute atomic E-state index is 11.0. The molecular weight excluding hydrogens is 304 g/mol. The highest BCUT2D eigenvalue weighted by molar-refractivity contribution is 6.32. The van der Waals surface area contributed by atoms with E-state index in [-0.39, 0.29) is 11.6 Å². The van der Waals surface area contributed by atoms with Crippen LogP contribution in [-0.2, 0) is 0 Å². The summed E-state index contributed by atoms with van der Waals surface area (Å²) in [6.07, 6.45) is 1.62. The maximum Gasteiger partial charge on any atom is 0.271 e. The van der Waals surface area contributed by atoms with E-state index in [1.807, 2.05) is 19.1 Å². The van der Waals surface area contributed by atoms with E-state index >= 15 is 0 Å². The summed E-state index contributed by atoms with van der Waals surface area (Å²) in [6, 6.07) is 8.36. The molecule has 1 heterocycles. The number of non-ortho nitro benzene ring substituents is 1. The molecule has 1 aromatic heterocycles. The minimum Gasteiger partial charge on any atom is -0.368 e. The Morgan fingerprint density at radius 3 is 2.77 bits per heavy atom. The standard InChI is InChI=1S/C15H11ClN4O2/c1-8-12(5-11(20(21)22)6-13(8)16)9-2-3-14-10(4-9)7-18-15(17)19-14/h2-7H,1H3,(H2,17,18,19). The van der Waals surface area contributed by atoms with Crippen LogP contribution >= 0.6 is 11.6 Å². The van der Waals surface area contributed by atoms with Crippen molar-refractivity contribution in [1.82, 2.24) is 9.97 Å². The monoisotopic (exact) mass is 314 g/mol. The number of rotatable bonds is 2. The second-order valence-corrected chi connectivity index (χ2v) is 5.27. The third-order valence-electron chi connectivity index (χ3n) is 3.45. The van der Waals surface area contributed by atoms with Crippen LogP contribution < -0.4 is 5.73 Å². The molecule has 2 N–H and O–H groups in total. The Bertz CT molecular complexity index is 911. The Balaban J connectivity index is 2.22. The summed E-state index contributed by atoms with van der Waals surface area (Å²) < 4.78 is 0. The van der Waals surface area contributed by atoms with Crippen LogP contribution in [0.3, 0.4) is 0 Å². The Morgan fingerprint density at radius 1 is 1.27 bits per heavy atom. The van der Waals surface area contributed by atoms with Gasteiger partial charge < -0.3 is 5.73 Å². The molecule has 6 nitrogen and oxygen atoms in total. The first-order chi connectivity index (χ1) is 10.5. The third-order valence-corrected chi connectivity index (χ3v) is 3.84. The van der Waals surface area contributed by atoms with E-state index in [9.17, 15) is 10.1 Å². The normalized spacial score (nSPS) is 10.8. The first kappa shape index (κ1) is 14.2. The van der Waals surface area contributed by atoms with Gasteiger partial charge in [0.25, 0.3) is 5.69 Å². The van der Waals surface area contributed by atoms with Crippen LogP contribution in [-0.4, -0.2) is 14.9 Å². The van der Waals surface area contributed by atoms with Crippen LogP contribution in [0, 0.1) is 17.0 Å². The lowest BCUT2D eigenvalue weighted by molar-refractivity contribution is -0.384. The molecule has 2 aromatic carbocycles. The molecule has 110 valence electrons. The molecule has 0 saturated heterocycles. The van der Waals surface area contributed by atoms with Crippen molar-refractivity contribution in [3.8, 4) is 11.1 Å². The zero-order valence-electron chi connectivity index (χ0n) is 11.6. The zero-order chi connectivity index (χ0) is 15.9. The van der Waals surface area contributed by atoms with Crippen molar-refractivity contribution in [2.24, 2.45) is 0 Å². The van der Waals surface area contributed by atoms with E-state index in [1.54, 1.807) is 12.3 Å². The molecule has 0 amide bonds. The molecule has 0 aliphatic heterocycles. The molecule has 22 heavy (non-hydrogen) atoms. The molecule has 0 aliphatic rings. The molecule has 3 aromatic rings. The van der Waals surface area contributed by atoms with E-state index in [0.717, 1.165) is 16.5 Å². The van der Waals surface area contributed by atoms with Gasteiger partial charge in [0.2, 0.25) is 5.95 Å². The van der Waals surface area contributed by atoms with Crippen molar-refractivity contribution in [2.75, 3.05) is 5.73 Å². The van der Waals surface area contributed by atoms with Crippen LogP contribution in [0.1, 0.15) is 5.56 Å². The van der Waals surface area contributed by atoms with Gasteiger partial charge in [0.1, 0.15) is 0 Å². The third kappa shape index (κ3) is 2.44. The number of aromatic nitrogens is 2. The second-order valence-electron chi connectivity index (χ2n) is 4.86. The summed E-state index contributed by atoms with van der Waals surface area (Å²) in [6.45, 7) is 1.82. The highest BCUT2D eigenvalue weighted by Gasteiger charge is 2.14. The van der Waals surface area contributed by atoms with Crippen LogP contribution in [0.25, 0.3) is 22.0 Å². The van der Waals surface area contributed by atoms with Gasteiger partial charge in [-0.05, 0) is 35.7 Å². The molecule has 3 rings (SSSR count). The average Bonchev–Trinajstić information content (AvgIpc) is 2.49. The first-order valence-corrected chi connectivity index (χ1v) is 6.80. The summed E-state index contributed by atoms with van der Waals surface area (Å²) in [7, 11) is 0. The number of halogens is 1. The van der Waals surface area contributed by atoms with E-state index < -0.39 is 4.92 Å². The van der Waals surface area contributed by atoms with Gasteiger partial charge in [0, 0.05) is 23.7 Å². The smallest absolute Gasteiger partial charge is 0.271 e. The summed E-state index contributed by atoms with van der Waals surface area (Å²) in [4.78, 5) is 18.6. The van der Waals surface area contributed by atoms with Crippen molar-refractivity contribution in [3.63, 3.8) is 0 Å². The number of nitro groups is 1. The molecule has 0 atom stereocenters. The van der Waals surface area contributed by atoms with Gasteiger partial charge in [-0.25, -0.2) is 9.97 Å². The van der Waals surface area contributed by atoms with Gasteiger partial charge in [-0.15, -0.1) is 0 Å². The minimum atomic E-state index is -0.459. The summed E-state index contributed by atoms with van der Waals surface area (Å²) >= 11 is 6.11. The molecule has 0 radical (unpaired) electrons. The van der Waals surface area contributed by atoms with Gasteiger partial charge in [-0.1, -0.05) is 17.7 Å². The highest BCUT2D eigenvalue weighted by atomic mass is 35.5. The minimum absolute atomic E-state index is 0.0424. The fourth-order valence-corrected chi connectivity index (χ4v) is 2.50. The fraction of sp³-hybridized carbons (Fsp3) is 0.0667. The number of nitrogen functional groups attached to an aromatic ring is 1. The van der Waals surface area contributed by atoms with Crippen molar-refractivity contribution in [2.45, 2.75) is 6.92 Å². The van der Waals surface area contributed by atoms with Gasteiger partial charge >= 0.3 is 0 Å². The quantitative estimate of drug-likeness (QED) is 0.574. The molecule has 0 bridgehead atoms. The lowest BCUT2D eigenvalue weighted by Crippen LogP contribution is -1.95. The summed E-state index contributed by atoms with van der Waals surface area (Å²) in [5.41, 5.74) is 8.52. The number of hydrogen-bond acceptors (Lipinski definition) is 5. The van der Waals surface area contributed by atoms with Gasteiger partial charge in [0.15, 0.2) is 0 Å². The molecule has 7 heteroatoms. The van der Waals surface area contributed by atoms with E-state index in [4.69, 9.17) is 17.3 Å². The SMILES string of the molecule is Cc1c(Cl)cc([N+](=O)[O-])cc1-c1ccc2nc(N)ncc2c1. The summed E-state index contributed by atoms with van der Waals surface area (Å²) in [5.74, 6) is 0.204. The maximum atomic E-state index is 11.0. The number of benzene rings is 2. The van der Waals surface area contributed by atoms with Gasteiger partial charge in [0.05, 0.1) is 15.5 Å². The Kier molecular flexibility index (Phi) is 3.38. The van der Waals surface area contributed by atoms with E-state index in [1.165, 1.54) is 12.1 Å². The summed E-state index contributed by atoms with van der Waals surface area (Å²) in [5, 5.41) is 12.2. The van der Waals surface area contributed by atoms with Crippen LogP contribution in [0.5, 0.6) is 0 Å². The fourth-order valence-electron chi connectivity index (χ4n) is 2.29. The number of hydrogen-bond donors (Lipinski definition) is 1. The second kappa shape index (κ2) is 5.23. The number of anilines is 1. The molecule has 0 fully saturated rings. The zero-order valence-corrected chi connectivity index (χ0v) is 12.3. The predicted octanol–water partition coefficient (Wildman–Crippen LogP) is 3.75. The lowest BCUT2D eigenvalue weighted by atomic mass is 9.98. The van der Waals surface area contributed by atoms with Gasteiger partial charge in [-0.3, -0.25) is 10.1 Å². The van der Waals surface area contributed by atoms with Crippen molar-refractivity contribution < 1.29 is 4.92 Å². The lowest BCUT2D eigenvalue weighted by Gasteiger charge is -2.09. The molecule has 0 spiro atoms. The average molecular weight is 315 g/mol. The van der Waals surface area contributed by atoms with E-state index in [0.29, 0.717) is 16.1 Å². The molecular formula is C15H11ClN4O2. The number of fused-ring (bicyclic) bond motifs is 1. The number of nitrogens with two attached hydrogens (primary N) is 1. The first-order valence-electron chi connectivity index (χ1n) is 6.43. The Hall–Kier alpha value is -2.73. The van der Waals surface area contributed by atoms with Crippen LogP contribution in [0.15, 0.2) is 36.5 Å². The Labute approximate surface area is 130 Å². The van der Waals surface area contributed by atoms with Gasteiger partial charge in [-0.2, -0.15) is 0 Å².